The number of hydrogen-bond acceptors (Lipinski definition) is 3. The Morgan fingerprint density at radius 1 is 0.533 bits per heavy atom. The summed E-state index contributed by atoms with van der Waals surface area (Å²) in [6.07, 6.45) is -0.774. The first-order chi connectivity index (χ1) is 14.7. The number of hydrogen-bond donors (Lipinski definition) is 0. The summed E-state index contributed by atoms with van der Waals surface area (Å²) >= 11 is 0. The van der Waals surface area contributed by atoms with Crippen molar-refractivity contribution in [2.45, 2.75) is 6.10 Å². The summed E-state index contributed by atoms with van der Waals surface area (Å²) in [6.45, 7) is 0. The van der Waals surface area contributed by atoms with Crippen molar-refractivity contribution < 1.29 is 14.3 Å². The fourth-order valence-electron chi connectivity index (χ4n) is 3.23. The molecule has 0 amide bonds. The third-order valence-electron chi connectivity index (χ3n) is 4.81. The number of ether oxygens (including phenoxy) is 1. The first-order valence-electron chi connectivity index (χ1n) is 9.73. The Bertz CT molecular complexity index is 1120. The first-order valence-corrected chi connectivity index (χ1v) is 9.73. The fourth-order valence-corrected chi connectivity index (χ4v) is 3.23. The molecular weight excluding hydrogens is 372 g/mol. The molecule has 3 nitrogen and oxygen atoms in total. The summed E-state index contributed by atoms with van der Waals surface area (Å²) in [5.41, 5.74) is 2.56. The van der Waals surface area contributed by atoms with E-state index in [0.29, 0.717) is 22.4 Å². The monoisotopic (exact) mass is 392 g/mol. The number of carbonyl (C=O) groups is 2. The molecular formula is C27H20O3. The van der Waals surface area contributed by atoms with Gasteiger partial charge in [0, 0.05) is 22.3 Å². The molecule has 0 N–H and O–H groups in total. The van der Waals surface area contributed by atoms with E-state index in [1.54, 1.807) is 48.5 Å². The lowest BCUT2D eigenvalue weighted by Gasteiger charge is -2.19. The van der Waals surface area contributed by atoms with Gasteiger partial charge in [0.2, 0.25) is 5.78 Å². The van der Waals surface area contributed by atoms with Crippen LogP contribution >= 0.6 is 0 Å². The Morgan fingerprint density at radius 3 is 1.57 bits per heavy atom. The highest BCUT2D eigenvalue weighted by Crippen LogP contribution is 2.26. The molecule has 0 radical (unpaired) electrons. The van der Waals surface area contributed by atoms with Crippen LogP contribution in [0.4, 0.5) is 0 Å². The van der Waals surface area contributed by atoms with E-state index in [1.165, 1.54) is 0 Å². The van der Waals surface area contributed by atoms with Crippen molar-refractivity contribution in [1.82, 2.24) is 0 Å². The maximum Gasteiger partial charge on any atom is 0.207 e. The van der Waals surface area contributed by atoms with Gasteiger partial charge in [-0.15, -0.1) is 0 Å². The van der Waals surface area contributed by atoms with Crippen molar-refractivity contribution in [3.05, 3.63) is 138 Å². The molecule has 0 fully saturated rings. The summed E-state index contributed by atoms with van der Waals surface area (Å²) in [7, 11) is 0. The highest BCUT2D eigenvalue weighted by molar-refractivity contribution is 6.09. The highest BCUT2D eigenvalue weighted by atomic mass is 16.5. The lowest BCUT2D eigenvalue weighted by molar-refractivity contribution is 0.0792. The number of ketones is 2. The summed E-state index contributed by atoms with van der Waals surface area (Å²) in [4.78, 5) is 25.7. The summed E-state index contributed by atoms with van der Waals surface area (Å²) < 4.78 is 6.10. The van der Waals surface area contributed by atoms with Gasteiger partial charge in [-0.1, -0.05) is 91.0 Å². The second kappa shape index (κ2) is 9.01. The molecule has 4 aromatic rings. The Morgan fingerprint density at radius 2 is 1.00 bits per heavy atom. The molecule has 0 aliphatic rings. The minimum Gasteiger partial charge on any atom is -0.478 e. The SMILES string of the molecule is O=C(c1ccccc1)c1ccc(OC(C(=O)c2ccccc2)c2ccccc2)cc1. The zero-order valence-corrected chi connectivity index (χ0v) is 16.3. The van der Waals surface area contributed by atoms with E-state index < -0.39 is 6.10 Å². The van der Waals surface area contributed by atoms with Gasteiger partial charge in [0.25, 0.3) is 0 Å². The predicted octanol–water partition coefficient (Wildman–Crippen LogP) is 5.92. The lowest BCUT2D eigenvalue weighted by atomic mass is 9.99. The van der Waals surface area contributed by atoms with Gasteiger partial charge in [0.15, 0.2) is 11.9 Å². The van der Waals surface area contributed by atoms with E-state index in [1.807, 2.05) is 66.7 Å². The second-order valence-corrected chi connectivity index (χ2v) is 6.86. The molecule has 0 spiro atoms. The quantitative estimate of drug-likeness (QED) is 0.367. The van der Waals surface area contributed by atoms with E-state index in [2.05, 4.69) is 0 Å². The van der Waals surface area contributed by atoms with Gasteiger partial charge in [-0.3, -0.25) is 9.59 Å². The molecule has 1 atom stereocenters. The van der Waals surface area contributed by atoms with Gasteiger partial charge in [-0.2, -0.15) is 0 Å². The van der Waals surface area contributed by atoms with Crippen molar-refractivity contribution in [3.8, 4) is 5.75 Å². The normalized spacial score (nSPS) is 11.5. The van der Waals surface area contributed by atoms with Gasteiger partial charge < -0.3 is 4.74 Å². The summed E-state index contributed by atoms with van der Waals surface area (Å²) in [5.74, 6) is 0.353. The van der Waals surface area contributed by atoms with E-state index >= 15 is 0 Å². The zero-order valence-electron chi connectivity index (χ0n) is 16.3. The van der Waals surface area contributed by atoms with Crippen LogP contribution in [0, 0.1) is 0 Å². The van der Waals surface area contributed by atoms with Crippen molar-refractivity contribution in [1.29, 1.82) is 0 Å². The van der Waals surface area contributed by atoms with Crippen LogP contribution in [0.5, 0.6) is 5.75 Å². The topological polar surface area (TPSA) is 43.4 Å². The standard InChI is InChI=1S/C27H20O3/c28-25(20-10-4-1-5-11-20)22-16-18-24(19-17-22)30-27(23-14-8-3-9-15-23)26(29)21-12-6-2-7-13-21/h1-19,27H. The summed E-state index contributed by atoms with van der Waals surface area (Å²) in [5, 5.41) is 0. The molecule has 0 saturated heterocycles. The Kier molecular flexibility index (Phi) is 5.81. The molecule has 30 heavy (non-hydrogen) atoms. The van der Waals surface area contributed by atoms with Crippen molar-refractivity contribution in [2.75, 3.05) is 0 Å². The number of benzene rings is 4. The molecule has 4 aromatic carbocycles. The van der Waals surface area contributed by atoms with Crippen LogP contribution in [-0.2, 0) is 0 Å². The largest absolute Gasteiger partial charge is 0.478 e. The maximum atomic E-state index is 13.1. The number of carbonyl (C=O) groups excluding carboxylic acids is 2. The summed E-state index contributed by atoms with van der Waals surface area (Å²) in [6, 6.07) is 34.5. The third-order valence-corrected chi connectivity index (χ3v) is 4.81. The minimum absolute atomic E-state index is 0.0536. The Labute approximate surface area is 175 Å². The van der Waals surface area contributed by atoms with Crippen molar-refractivity contribution in [3.63, 3.8) is 0 Å². The average Bonchev–Trinajstić information content (AvgIpc) is 2.84. The molecule has 0 aromatic heterocycles. The average molecular weight is 392 g/mol. The smallest absolute Gasteiger partial charge is 0.207 e. The van der Waals surface area contributed by atoms with E-state index in [-0.39, 0.29) is 11.6 Å². The molecule has 0 saturated carbocycles. The second-order valence-electron chi connectivity index (χ2n) is 6.86. The van der Waals surface area contributed by atoms with Crippen LogP contribution in [0.1, 0.15) is 37.9 Å². The molecule has 4 rings (SSSR count). The Hall–Kier alpha value is -3.98. The van der Waals surface area contributed by atoms with Crippen molar-refractivity contribution >= 4 is 11.6 Å². The van der Waals surface area contributed by atoms with Gasteiger partial charge in [-0.05, 0) is 24.3 Å². The molecule has 3 heteroatoms. The number of Topliss-reactive ketones (excluding diaryl/α,β-unsaturated/α-hetero) is 1. The van der Waals surface area contributed by atoms with Crippen LogP contribution in [-0.4, -0.2) is 11.6 Å². The van der Waals surface area contributed by atoms with E-state index in [4.69, 9.17) is 4.74 Å². The van der Waals surface area contributed by atoms with Gasteiger partial charge in [-0.25, -0.2) is 0 Å². The lowest BCUT2D eigenvalue weighted by Crippen LogP contribution is -2.19. The fraction of sp³-hybridized carbons (Fsp3) is 0.0370. The van der Waals surface area contributed by atoms with Crippen molar-refractivity contribution in [2.24, 2.45) is 0 Å². The first kappa shape index (κ1) is 19.3. The van der Waals surface area contributed by atoms with E-state index in [9.17, 15) is 9.59 Å². The molecule has 0 bridgehead atoms. The van der Waals surface area contributed by atoms with Gasteiger partial charge in [0.1, 0.15) is 5.75 Å². The van der Waals surface area contributed by atoms with Crippen LogP contribution in [0.15, 0.2) is 115 Å². The zero-order chi connectivity index (χ0) is 20.8. The molecule has 146 valence electrons. The van der Waals surface area contributed by atoms with Crippen LogP contribution in [0.3, 0.4) is 0 Å². The molecule has 0 aliphatic heterocycles. The molecule has 0 aliphatic carbocycles. The molecule has 1 unspecified atom stereocenters. The van der Waals surface area contributed by atoms with Gasteiger partial charge in [0.05, 0.1) is 0 Å². The highest BCUT2D eigenvalue weighted by Gasteiger charge is 2.24. The predicted molar refractivity (Wildman–Crippen MR) is 117 cm³/mol. The Balaban J connectivity index is 1.59. The van der Waals surface area contributed by atoms with Crippen LogP contribution < -0.4 is 4.74 Å². The van der Waals surface area contributed by atoms with E-state index in [0.717, 1.165) is 5.56 Å². The minimum atomic E-state index is -0.774. The molecule has 0 heterocycles. The maximum absolute atomic E-state index is 13.1. The van der Waals surface area contributed by atoms with Crippen LogP contribution in [0.2, 0.25) is 0 Å². The third kappa shape index (κ3) is 4.36. The number of rotatable bonds is 7. The van der Waals surface area contributed by atoms with Gasteiger partial charge >= 0.3 is 0 Å². The van der Waals surface area contributed by atoms with Crippen LogP contribution in [0.25, 0.3) is 0 Å².